The number of aromatic hydroxyl groups is 1. The second-order valence-corrected chi connectivity index (χ2v) is 6.47. The number of rotatable bonds is 5. The number of anilines is 1. The van der Waals surface area contributed by atoms with E-state index in [1.165, 1.54) is 33.3 Å². The third-order valence-corrected chi connectivity index (χ3v) is 4.73. The summed E-state index contributed by atoms with van der Waals surface area (Å²) in [6, 6.07) is 9.60. The van der Waals surface area contributed by atoms with Gasteiger partial charge in [-0.05, 0) is 48.9 Å². The van der Waals surface area contributed by atoms with Gasteiger partial charge in [0.15, 0.2) is 17.5 Å². The highest BCUT2D eigenvalue weighted by Gasteiger charge is 2.51. The van der Waals surface area contributed by atoms with Crippen molar-refractivity contribution in [2.75, 3.05) is 19.5 Å². The largest absolute Gasteiger partial charge is 0.507 e. The van der Waals surface area contributed by atoms with E-state index in [4.69, 9.17) is 9.47 Å². The summed E-state index contributed by atoms with van der Waals surface area (Å²) in [5.74, 6) is -0.412. The van der Waals surface area contributed by atoms with Gasteiger partial charge in [0.05, 0.1) is 18.4 Å². The van der Waals surface area contributed by atoms with Gasteiger partial charge in [-0.25, -0.2) is 0 Å². The lowest BCUT2D eigenvalue weighted by atomic mass is 9.76. The molecule has 0 spiro atoms. The number of hydrogen-bond donors (Lipinski definition) is 3. The van der Waals surface area contributed by atoms with Crippen LogP contribution in [0.2, 0.25) is 0 Å². The molecule has 2 aromatic carbocycles. The van der Waals surface area contributed by atoms with Gasteiger partial charge < -0.3 is 25.0 Å². The summed E-state index contributed by atoms with van der Waals surface area (Å²) >= 11 is 0. The lowest BCUT2D eigenvalue weighted by molar-refractivity contribution is -0.142. The summed E-state index contributed by atoms with van der Waals surface area (Å²) in [7, 11) is 2.82. The fraction of sp³-hybridized carbons (Fsp3) is 0.238. The Morgan fingerprint density at radius 1 is 1.18 bits per heavy atom. The SMILES string of the molecule is COc1ccc([C@@]2(O)c3c(ccc(C=CC(C)=O)c3O)NC(=O)[C@@H]2OC)cc1. The molecule has 0 aromatic heterocycles. The Balaban J connectivity index is 2.26. The zero-order valence-electron chi connectivity index (χ0n) is 15.7. The molecule has 3 N–H and O–H groups in total. The molecule has 7 nitrogen and oxygen atoms in total. The fourth-order valence-electron chi connectivity index (χ4n) is 3.38. The van der Waals surface area contributed by atoms with Crippen molar-refractivity contribution >= 4 is 23.5 Å². The monoisotopic (exact) mass is 383 g/mol. The maximum absolute atomic E-state index is 12.6. The van der Waals surface area contributed by atoms with Crippen molar-refractivity contribution in [1.82, 2.24) is 0 Å². The third kappa shape index (κ3) is 3.15. The Bertz CT molecular complexity index is 950. The summed E-state index contributed by atoms with van der Waals surface area (Å²) < 4.78 is 10.5. The molecule has 0 saturated carbocycles. The first-order chi connectivity index (χ1) is 13.3. The Morgan fingerprint density at radius 2 is 1.86 bits per heavy atom. The van der Waals surface area contributed by atoms with Crippen molar-refractivity contribution in [3.63, 3.8) is 0 Å². The smallest absolute Gasteiger partial charge is 0.257 e. The number of ketones is 1. The van der Waals surface area contributed by atoms with Crippen LogP contribution in [-0.4, -0.2) is 42.2 Å². The lowest BCUT2D eigenvalue weighted by Crippen LogP contribution is -2.52. The molecular formula is C21H21NO6. The quantitative estimate of drug-likeness (QED) is 0.684. The number of phenols is 1. The molecule has 1 heterocycles. The van der Waals surface area contributed by atoms with Crippen LogP contribution in [0.25, 0.3) is 6.08 Å². The number of carbonyl (C=O) groups excluding carboxylic acids is 2. The number of carbonyl (C=O) groups is 2. The van der Waals surface area contributed by atoms with Crippen molar-refractivity contribution < 1.29 is 29.3 Å². The molecule has 3 rings (SSSR count). The molecule has 1 aliphatic rings. The minimum Gasteiger partial charge on any atom is -0.507 e. The van der Waals surface area contributed by atoms with Crippen LogP contribution in [-0.2, 0) is 19.9 Å². The van der Waals surface area contributed by atoms with Gasteiger partial charge in [0.1, 0.15) is 11.5 Å². The van der Waals surface area contributed by atoms with E-state index in [0.717, 1.165) is 0 Å². The van der Waals surface area contributed by atoms with Crippen molar-refractivity contribution in [3.05, 3.63) is 59.2 Å². The number of allylic oxidation sites excluding steroid dienone is 1. The number of hydrogen-bond acceptors (Lipinski definition) is 6. The summed E-state index contributed by atoms with van der Waals surface area (Å²) in [5, 5.41) is 25.2. The Kier molecular flexibility index (Phi) is 5.22. The maximum Gasteiger partial charge on any atom is 0.257 e. The molecule has 2 atom stereocenters. The van der Waals surface area contributed by atoms with Crippen LogP contribution in [0.15, 0.2) is 42.5 Å². The van der Waals surface area contributed by atoms with Crippen LogP contribution < -0.4 is 10.1 Å². The summed E-state index contributed by atoms with van der Waals surface area (Å²) in [4.78, 5) is 23.8. The highest BCUT2D eigenvalue weighted by atomic mass is 16.5. The minimum atomic E-state index is -1.96. The number of fused-ring (bicyclic) bond motifs is 1. The van der Waals surface area contributed by atoms with Crippen LogP contribution in [0.1, 0.15) is 23.6 Å². The molecular weight excluding hydrogens is 362 g/mol. The van der Waals surface area contributed by atoms with Gasteiger partial charge in [-0.3, -0.25) is 9.59 Å². The number of aliphatic hydroxyl groups is 1. The molecule has 0 fully saturated rings. The number of nitrogens with one attached hydrogen (secondary N) is 1. The van der Waals surface area contributed by atoms with E-state index in [1.807, 2.05) is 0 Å². The highest BCUT2D eigenvalue weighted by molar-refractivity contribution is 6.01. The maximum atomic E-state index is 12.6. The predicted molar refractivity (Wildman–Crippen MR) is 103 cm³/mol. The second kappa shape index (κ2) is 7.46. The predicted octanol–water partition coefficient (Wildman–Crippen LogP) is 2.21. The van der Waals surface area contributed by atoms with Gasteiger partial charge in [0.2, 0.25) is 0 Å². The van der Waals surface area contributed by atoms with E-state index in [-0.39, 0.29) is 22.8 Å². The van der Waals surface area contributed by atoms with E-state index < -0.39 is 17.6 Å². The molecule has 0 aliphatic carbocycles. The molecule has 0 bridgehead atoms. The van der Waals surface area contributed by atoms with Crippen molar-refractivity contribution in [1.29, 1.82) is 0 Å². The normalized spacial score (nSPS) is 21.3. The van der Waals surface area contributed by atoms with Gasteiger partial charge >= 0.3 is 0 Å². The van der Waals surface area contributed by atoms with Crippen LogP contribution in [0.3, 0.4) is 0 Å². The van der Waals surface area contributed by atoms with Gasteiger partial charge in [-0.1, -0.05) is 12.1 Å². The minimum absolute atomic E-state index is 0.0924. The van der Waals surface area contributed by atoms with Gasteiger partial charge in [0.25, 0.3) is 5.91 Å². The summed E-state index contributed by atoms with van der Waals surface area (Å²) in [5.41, 5.74) is -0.932. The molecule has 1 amide bonds. The van der Waals surface area contributed by atoms with Crippen LogP contribution >= 0.6 is 0 Å². The van der Waals surface area contributed by atoms with Gasteiger partial charge in [0, 0.05) is 12.7 Å². The Labute approximate surface area is 162 Å². The molecule has 0 radical (unpaired) electrons. The first kappa shape index (κ1) is 19.6. The number of amides is 1. The molecule has 1 aliphatic heterocycles. The molecule has 0 saturated heterocycles. The average molecular weight is 383 g/mol. The van der Waals surface area contributed by atoms with E-state index in [1.54, 1.807) is 36.4 Å². The third-order valence-electron chi connectivity index (χ3n) is 4.73. The van der Waals surface area contributed by atoms with Crippen LogP contribution in [0.5, 0.6) is 11.5 Å². The average Bonchev–Trinajstić information content (AvgIpc) is 2.67. The number of phenolic OH excluding ortho intramolecular Hbond substituents is 1. The molecule has 28 heavy (non-hydrogen) atoms. The van der Waals surface area contributed by atoms with E-state index >= 15 is 0 Å². The highest BCUT2D eigenvalue weighted by Crippen LogP contribution is 2.48. The molecule has 146 valence electrons. The van der Waals surface area contributed by atoms with Crippen LogP contribution in [0, 0.1) is 0 Å². The van der Waals surface area contributed by atoms with Gasteiger partial charge in [-0.15, -0.1) is 0 Å². The summed E-state index contributed by atoms with van der Waals surface area (Å²) in [6.45, 7) is 1.39. The molecule has 7 heteroatoms. The Hall–Kier alpha value is -3.16. The Morgan fingerprint density at radius 3 is 2.43 bits per heavy atom. The zero-order valence-corrected chi connectivity index (χ0v) is 15.7. The van der Waals surface area contributed by atoms with Crippen molar-refractivity contribution in [2.24, 2.45) is 0 Å². The van der Waals surface area contributed by atoms with E-state index in [9.17, 15) is 19.8 Å². The first-order valence-corrected chi connectivity index (χ1v) is 8.58. The second-order valence-electron chi connectivity index (χ2n) is 6.47. The number of benzene rings is 2. The number of methoxy groups -OCH3 is 2. The van der Waals surface area contributed by atoms with Crippen LogP contribution in [0.4, 0.5) is 5.69 Å². The van der Waals surface area contributed by atoms with Crippen molar-refractivity contribution in [3.8, 4) is 11.5 Å². The van der Waals surface area contributed by atoms with Gasteiger partial charge in [-0.2, -0.15) is 0 Å². The first-order valence-electron chi connectivity index (χ1n) is 8.58. The lowest BCUT2D eigenvalue weighted by Gasteiger charge is -2.40. The molecule has 0 unspecified atom stereocenters. The molecule has 2 aromatic rings. The van der Waals surface area contributed by atoms with E-state index in [2.05, 4.69) is 5.32 Å². The topological polar surface area (TPSA) is 105 Å². The standard InChI is InChI=1S/C21H21NO6/c1-12(23)4-5-13-6-11-16-17(18(13)24)21(26,19(28-3)20(25)22-16)14-7-9-15(27-2)10-8-14/h4-11,19,24,26H,1-3H3,(H,22,25)/t19-,21+/m0/s1. The summed E-state index contributed by atoms with van der Waals surface area (Å²) in [6.07, 6.45) is 1.46. The fourth-order valence-corrected chi connectivity index (χ4v) is 3.38. The van der Waals surface area contributed by atoms with Crippen molar-refractivity contribution in [2.45, 2.75) is 18.6 Å². The zero-order chi connectivity index (χ0) is 20.5. The number of ether oxygens (including phenoxy) is 2. The van der Waals surface area contributed by atoms with E-state index in [0.29, 0.717) is 16.9 Å².